The largest absolute Gasteiger partial charge is 0.459 e. The van der Waals surface area contributed by atoms with Crippen LogP contribution in [0.2, 0.25) is 0 Å². The van der Waals surface area contributed by atoms with Gasteiger partial charge in [-0.1, -0.05) is 26.7 Å². The Balaban J connectivity index is 4.07. The Morgan fingerprint density at radius 2 is 1.78 bits per heavy atom. The third-order valence-electron chi connectivity index (χ3n) is 2.58. The third kappa shape index (κ3) is 8.44. The van der Waals surface area contributed by atoms with Crippen molar-refractivity contribution >= 4 is 6.47 Å². The second-order valence-corrected chi connectivity index (χ2v) is 4.14. The lowest BCUT2D eigenvalue weighted by atomic mass is 10.2. The van der Waals surface area contributed by atoms with E-state index < -0.39 is 12.2 Å². The Morgan fingerprint density at radius 1 is 1.11 bits per heavy atom. The first-order valence-corrected chi connectivity index (χ1v) is 6.69. The van der Waals surface area contributed by atoms with Gasteiger partial charge in [-0.25, -0.2) is 0 Å². The summed E-state index contributed by atoms with van der Waals surface area (Å²) in [4.78, 5) is 10.4. The van der Waals surface area contributed by atoms with E-state index in [2.05, 4.69) is 13.8 Å². The van der Waals surface area contributed by atoms with E-state index in [-0.39, 0.29) is 6.61 Å². The molecule has 0 aliphatic rings. The first-order chi connectivity index (χ1) is 8.79. The maximum Gasteiger partial charge on any atom is 0.293 e. The minimum absolute atomic E-state index is 0.257. The fourth-order valence-electron chi connectivity index (χ4n) is 1.41. The lowest BCUT2D eigenvalue weighted by Crippen LogP contribution is -2.38. The van der Waals surface area contributed by atoms with Gasteiger partial charge in [0.25, 0.3) is 6.47 Å². The van der Waals surface area contributed by atoms with E-state index in [1.807, 2.05) is 0 Å². The van der Waals surface area contributed by atoms with Gasteiger partial charge in [-0.2, -0.15) is 0 Å². The molecule has 0 radical (unpaired) electrons. The number of aliphatic hydroxyl groups is 1. The van der Waals surface area contributed by atoms with Crippen molar-refractivity contribution in [2.75, 3.05) is 26.4 Å². The molecule has 2 atom stereocenters. The second-order valence-electron chi connectivity index (χ2n) is 4.14. The van der Waals surface area contributed by atoms with Crippen molar-refractivity contribution in [2.45, 2.75) is 51.7 Å². The number of ether oxygens (including phenoxy) is 3. The molecule has 0 aromatic rings. The maximum atomic E-state index is 10.4. The van der Waals surface area contributed by atoms with Crippen LogP contribution in [0.1, 0.15) is 39.5 Å². The first-order valence-electron chi connectivity index (χ1n) is 6.69. The van der Waals surface area contributed by atoms with Gasteiger partial charge in [0.15, 0.2) is 6.10 Å². The highest BCUT2D eigenvalue weighted by molar-refractivity contribution is 5.37. The molecular formula is C13H26O5. The van der Waals surface area contributed by atoms with Crippen LogP contribution in [0.3, 0.4) is 0 Å². The maximum absolute atomic E-state index is 10.4. The summed E-state index contributed by atoms with van der Waals surface area (Å²) in [7, 11) is 0. The van der Waals surface area contributed by atoms with E-state index >= 15 is 0 Å². The van der Waals surface area contributed by atoms with Crippen LogP contribution < -0.4 is 0 Å². The normalized spacial score (nSPS) is 14.2. The zero-order valence-electron chi connectivity index (χ0n) is 11.5. The van der Waals surface area contributed by atoms with Gasteiger partial charge in [0.2, 0.25) is 0 Å². The van der Waals surface area contributed by atoms with E-state index in [0.717, 1.165) is 25.7 Å². The van der Waals surface area contributed by atoms with E-state index in [1.54, 1.807) is 0 Å². The molecule has 5 heteroatoms. The summed E-state index contributed by atoms with van der Waals surface area (Å²) in [6.07, 6.45) is 2.96. The average molecular weight is 262 g/mol. The number of rotatable bonds is 13. The lowest BCUT2D eigenvalue weighted by molar-refractivity contribution is -0.151. The topological polar surface area (TPSA) is 65.0 Å². The molecule has 5 nitrogen and oxygen atoms in total. The minimum Gasteiger partial charge on any atom is -0.459 e. The van der Waals surface area contributed by atoms with Crippen molar-refractivity contribution in [2.24, 2.45) is 0 Å². The minimum atomic E-state index is -0.652. The monoisotopic (exact) mass is 262 g/mol. The van der Waals surface area contributed by atoms with Gasteiger partial charge in [0, 0.05) is 13.2 Å². The third-order valence-corrected chi connectivity index (χ3v) is 2.58. The molecule has 0 aliphatic heterocycles. The molecule has 1 N–H and O–H groups in total. The molecule has 0 saturated heterocycles. The number of aliphatic hydroxyl groups excluding tert-OH is 1. The summed E-state index contributed by atoms with van der Waals surface area (Å²) in [5, 5.41) is 9.17. The Morgan fingerprint density at radius 3 is 2.33 bits per heavy atom. The lowest BCUT2D eigenvalue weighted by Gasteiger charge is -2.24. The molecule has 0 aromatic heterocycles. The van der Waals surface area contributed by atoms with Crippen LogP contribution in [0.25, 0.3) is 0 Å². The molecule has 108 valence electrons. The van der Waals surface area contributed by atoms with Crippen LogP contribution in [-0.4, -0.2) is 50.2 Å². The molecule has 0 spiro atoms. The van der Waals surface area contributed by atoms with E-state index in [1.165, 1.54) is 0 Å². The first kappa shape index (κ1) is 17.4. The predicted octanol–water partition coefficient (Wildman–Crippen LogP) is 1.52. The van der Waals surface area contributed by atoms with E-state index in [4.69, 9.17) is 19.3 Å². The van der Waals surface area contributed by atoms with Gasteiger partial charge in [-0.05, 0) is 12.8 Å². The number of hydrogen-bond donors (Lipinski definition) is 1. The van der Waals surface area contributed by atoms with Crippen LogP contribution in [0.5, 0.6) is 0 Å². The zero-order chi connectivity index (χ0) is 13.6. The quantitative estimate of drug-likeness (QED) is 0.403. The fraction of sp³-hybridized carbons (Fsp3) is 0.923. The van der Waals surface area contributed by atoms with Gasteiger partial charge >= 0.3 is 0 Å². The molecule has 0 saturated carbocycles. The van der Waals surface area contributed by atoms with Crippen molar-refractivity contribution in [1.82, 2.24) is 0 Å². The van der Waals surface area contributed by atoms with Crippen molar-refractivity contribution in [3.8, 4) is 0 Å². The highest BCUT2D eigenvalue weighted by atomic mass is 16.6. The smallest absolute Gasteiger partial charge is 0.293 e. The molecule has 0 aliphatic carbocycles. The number of carbonyl (C=O) groups is 1. The summed E-state index contributed by atoms with van der Waals surface area (Å²) < 4.78 is 15.9. The van der Waals surface area contributed by atoms with E-state index in [0.29, 0.717) is 26.3 Å². The molecule has 0 heterocycles. The van der Waals surface area contributed by atoms with Gasteiger partial charge in [0.1, 0.15) is 6.10 Å². The second kappa shape index (κ2) is 12.8. The Bertz CT molecular complexity index is 186. The molecular weight excluding hydrogens is 236 g/mol. The van der Waals surface area contributed by atoms with E-state index in [9.17, 15) is 4.79 Å². The zero-order valence-corrected chi connectivity index (χ0v) is 11.5. The van der Waals surface area contributed by atoms with Crippen molar-refractivity contribution in [1.29, 1.82) is 0 Å². The van der Waals surface area contributed by atoms with Gasteiger partial charge in [-0.15, -0.1) is 0 Å². The molecule has 0 aromatic carbocycles. The average Bonchev–Trinajstić information content (AvgIpc) is 2.39. The van der Waals surface area contributed by atoms with Crippen LogP contribution >= 0.6 is 0 Å². The van der Waals surface area contributed by atoms with Crippen LogP contribution in [0.4, 0.5) is 0 Å². The highest BCUT2D eigenvalue weighted by Crippen LogP contribution is 2.06. The van der Waals surface area contributed by atoms with Crippen LogP contribution in [0, 0.1) is 0 Å². The molecule has 0 rings (SSSR count). The molecule has 0 amide bonds. The molecule has 0 unspecified atom stereocenters. The molecule has 18 heavy (non-hydrogen) atoms. The SMILES string of the molecule is CCCCOC[C@@H](OCCCC)[C@@H](CO)OC=O. The van der Waals surface area contributed by atoms with Gasteiger partial charge in [-0.3, -0.25) is 4.79 Å². The summed E-state index contributed by atoms with van der Waals surface area (Å²) in [6.45, 7) is 5.81. The summed E-state index contributed by atoms with van der Waals surface area (Å²) in [5.41, 5.74) is 0. The number of hydrogen-bond acceptors (Lipinski definition) is 5. The van der Waals surface area contributed by atoms with Crippen molar-refractivity contribution in [3.63, 3.8) is 0 Å². The van der Waals surface area contributed by atoms with Crippen molar-refractivity contribution in [3.05, 3.63) is 0 Å². The van der Waals surface area contributed by atoms with Gasteiger partial charge < -0.3 is 19.3 Å². The summed E-state index contributed by atoms with van der Waals surface area (Å²) in [5.74, 6) is 0. The molecule has 0 bridgehead atoms. The fourth-order valence-corrected chi connectivity index (χ4v) is 1.41. The number of unbranched alkanes of at least 4 members (excludes halogenated alkanes) is 2. The van der Waals surface area contributed by atoms with Crippen LogP contribution in [-0.2, 0) is 19.0 Å². The Hall–Kier alpha value is -0.650. The highest BCUT2D eigenvalue weighted by Gasteiger charge is 2.23. The summed E-state index contributed by atoms with van der Waals surface area (Å²) >= 11 is 0. The molecule has 0 fully saturated rings. The summed E-state index contributed by atoms with van der Waals surface area (Å²) in [6, 6.07) is 0. The van der Waals surface area contributed by atoms with Crippen LogP contribution in [0.15, 0.2) is 0 Å². The number of carbonyl (C=O) groups excluding carboxylic acids is 1. The Labute approximate surface area is 109 Å². The van der Waals surface area contributed by atoms with Gasteiger partial charge in [0.05, 0.1) is 13.2 Å². The Kier molecular flexibility index (Phi) is 12.3. The van der Waals surface area contributed by atoms with Crippen molar-refractivity contribution < 1.29 is 24.1 Å². The standard InChI is InChI=1S/C13H26O5/c1-3-5-7-16-10-13(17-8-6-4-2)12(9-14)18-11-15/h11-14H,3-10H2,1-2H3/t12-,13-/m1/s1. The predicted molar refractivity (Wildman–Crippen MR) is 68.4 cm³/mol.